The van der Waals surface area contributed by atoms with E-state index in [2.05, 4.69) is 0 Å². The monoisotopic (exact) mass is 401 g/mol. The highest BCUT2D eigenvalue weighted by molar-refractivity contribution is 7.94. The normalized spacial score (nSPS) is 18.4. The molecule has 1 aliphatic heterocycles. The Morgan fingerprint density at radius 1 is 1.11 bits per heavy atom. The predicted molar refractivity (Wildman–Crippen MR) is 108 cm³/mol. The van der Waals surface area contributed by atoms with E-state index in [1.54, 1.807) is 49.4 Å². The molecule has 0 aliphatic carbocycles. The molecule has 0 fully saturated rings. The lowest BCUT2D eigenvalue weighted by Crippen LogP contribution is -2.47. The van der Waals surface area contributed by atoms with Crippen LogP contribution in [-0.2, 0) is 14.6 Å². The van der Waals surface area contributed by atoms with Gasteiger partial charge in [-0.2, -0.15) is 0 Å². The Bertz CT molecular complexity index is 939. The van der Waals surface area contributed by atoms with Crippen molar-refractivity contribution in [3.63, 3.8) is 0 Å². The van der Waals surface area contributed by atoms with Crippen molar-refractivity contribution in [1.82, 2.24) is 0 Å². The van der Waals surface area contributed by atoms with Crippen molar-refractivity contribution in [2.24, 2.45) is 0 Å². The van der Waals surface area contributed by atoms with Crippen LogP contribution in [0.5, 0.6) is 11.5 Å². The molecule has 0 unspecified atom stereocenters. The number of ether oxygens (including phenoxy) is 2. The summed E-state index contributed by atoms with van der Waals surface area (Å²) in [6.07, 6.45) is 0.754. The summed E-state index contributed by atoms with van der Waals surface area (Å²) < 4.78 is 35.1. The number of sulfone groups is 1. The number of hydrogen-bond donors (Lipinski definition) is 0. The Balaban J connectivity index is 1.87. The van der Waals surface area contributed by atoms with Gasteiger partial charge in [-0.3, -0.25) is 4.79 Å². The summed E-state index contributed by atoms with van der Waals surface area (Å²) >= 11 is 0. The average Bonchev–Trinajstić information content (AvgIpc) is 3.03. The van der Waals surface area contributed by atoms with Crippen LogP contribution in [0.1, 0.15) is 13.8 Å². The standard InChI is InChI=1S/C21H23NO5S/c1-3-26-19-11-9-17(10-12-19)22(18-13-14-28(24,25)15-18)21(23)16(2)27-20-7-5-4-6-8-20/h4-14,16,18H,3,15H2,1-2H3/t16-,18+/m0/s1. The zero-order valence-electron chi connectivity index (χ0n) is 15.8. The van der Waals surface area contributed by atoms with E-state index in [1.165, 1.54) is 4.90 Å². The van der Waals surface area contributed by atoms with Crippen molar-refractivity contribution >= 4 is 21.4 Å². The first-order chi connectivity index (χ1) is 13.4. The Morgan fingerprint density at radius 3 is 2.36 bits per heavy atom. The van der Waals surface area contributed by atoms with Crippen LogP contribution in [0.25, 0.3) is 0 Å². The van der Waals surface area contributed by atoms with E-state index in [1.807, 2.05) is 25.1 Å². The van der Waals surface area contributed by atoms with E-state index in [0.717, 1.165) is 5.41 Å². The third-order valence-corrected chi connectivity index (χ3v) is 5.69. The first-order valence-electron chi connectivity index (χ1n) is 9.08. The Morgan fingerprint density at radius 2 is 1.79 bits per heavy atom. The third kappa shape index (κ3) is 4.72. The molecule has 1 heterocycles. The highest BCUT2D eigenvalue weighted by Crippen LogP contribution is 2.26. The fourth-order valence-electron chi connectivity index (χ4n) is 3.02. The summed E-state index contributed by atoms with van der Waals surface area (Å²) in [6.45, 7) is 4.08. The van der Waals surface area contributed by atoms with E-state index in [0.29, 0.717) is 23.8 Å². The molecule has 7 heteroatoms. The lowest BCUT2D eigenvalue weighted by atomic mass is 10.1. The zero-order valence-corrected chi connectivity index (χ0v) is 16.6. The van der Waals surface area contributed by atoms with Gasteiger partial charge in [-0.1, -0.05) is 18.2 Å². The van der Waals surface area contributed by atoms with Gasteiger partial charge in [0.15, 0.2) is 15.9 Å². The maximum Gasteiger partial charge on any atom is 0.268 e. The topological polar surface area (TPSA) is 72.9 Å². The quantitative estimate of drug-likeness (QED) is 0.712. The van der Waals surface area contributed by atoms with Crippen LogP contribution in [0.15, 0.2) is 66.1 Å². The van der Waals surface area contributed by atoms with Crippen molar-refractivity contribution in [2.75, 3.05) is 17.3 Å². The van der Waals surface area contributed by atoms with Gasteiger partial charge in [0.05, 0.1) is 18.4 Å². The smallest absolute Gasteiger partial charge is 0.268 e. The molecule has 0 aromatic heterocycles. The summed E-state index contributed by atoms with van der Waals surface area (Å²) in [5.74, 6) is 0.787. The van der Waals surface area contributed by atoms with Crippen molar-refractivity contribution in [1.29, 1.82) is 0 Å². The first-order valence-corrected chi connectivity index (χ1v) is 10.8. The fraction of sp³-hybridized carbons (Fsp3) is 0.286. The van der Waals surface area contributed by atoms with Gasteiger partial charge in [-0.25, -0.2) is 8.42 Å². The number of benzene rings is 2. The molecule has 28 heavy (non-hydrogen) atoms. The molecule has 0 radical (unpaired) electrons. The summed E-state index contributed by atoms with van der Waals surface area (Å²) in [7, 11) is -3.32. The second-order valence-corrected chi connectivity index (χ2v) is 8.36. The van der Waals surface area contributed by atoms with Crippen LogP contribution in [0, 0.1) is 0 Å². The molecule has 2 aromatic rings. The van der Waals surface area contributed by atoms with Gasteiger partial charge < -0.3 is 14.4 Å². The van der Waals surface area contributed by atoms with Gasteiger partial charge in [0.25, 0.3) is 5.91 Å². The summed E-state index contributed by atoms with van der Waals surface area (Å²) in [5.41, 5.74) is 0.587. The van der Waals surface area contributed by atoms with Crippen LogP contribution in [0.3, 0.4) is 0 Å². The van der Waals surface area contributed by atoms with E-state index in [9.17, 15) is 13.2 Å². The number of amides is 1. The number of hydrogen-bond acceptors (Lipinski definition) is 5. The van der Waals surface area contributed by atoms with Crippen molar-refractivity contribution < 1.29 is 22.7 Å². The van der Waals surface area contributed by atoms with Crippen molar-refractivity contribution in [3.8, 4) is 11.5 Å². The van der Waals surface area contributed by atoms with Gasteiger partial charge in [-0.05, 0) is 56.3 Å². The van der Waals surface area contributed by atoms with E-state index < -0.39 is 22.0 Å². The Hall–Kier alpha value is -2.80. The minimum Gasteiger partial charge on any atom is -0.494 e. The number of nitrogens with zero attached hydrogens (tertiary/aromatic N) is 1. The maximum atomic E-state index is 13.2. The number of rotatable bonds is 7. The summed E-state index contributed by atoms with van der Waals surface area (Å²) in [5, 5.41) is 1.16. The van der Waals surface area contributed by atoms with Crippen molar-refractivity contribution in [2.45, 2.75) is 26.0 Å². The lowest BCUT2D eigenvalue weighted by molar-refractivity contribution is -0.124. The molecule has 0 spiro atoms. The minimum atomic E-state index is -3.32. The molecule has 2 atom stereocenters. The fourth-order valence-corrected chi connectivity index (χ4v) is 4.29. The molecule has 0 bridgehead atoms. The highest BCUT2D eigenvalue weighted by Gasteiger charge is 2.34. The van der Waals surface area contributed by atoms with Crippen LogP contribution in [-0.4, -0.2) is 38.8 Å². The molecule has 0 saturated carbocycles. The SMILES string of the molecule is CCOc1ccc(N(C(=O)[C@H](C)Oc2ccccc2)[C@@H]2C=CS(=O)(=O)C2)cc1. The molecule has 0 N–H and O–H groups in total. The molecule has 2 aromatic carbocycles. The molecule has 0 saturated heterocycles. The second kappa shape index (κ2) is 8.48. The molecular formula is C21H23NO5S. The van der Waals surface area contributed by atoms with Crippen LogP contribution in [0.4, 0.5) is 5.69 Å². The molecule has 1 aliphatic rings. The van der Waals surface area contributed by atoms with E-state index >= 15 is 0 Å². The molecule has 3 rings (SSSR count). The molecule has 148 valence electrons. The third-order valence-electron chi connectivity index (χ3n) is 4.31. The molecule has 6 nitrogen and oxygen atoms in total. The number of para-hydroxylation sites is 1. The first kappa shape index (κ1) is 19.9. The van der Waals surface area contributed by atoms with Gasteiger partial charge in [0, 0.05) is 11.1 Å². The van der Waals surface area contributed by atoms with E-state index in [4.69, 9.17) is 9.47 Å². The van der Waals surface area contributed by atoms with Crippen LogP contribution >= 0.6 is 0 Å². The number of anilines is 1. The summed E-state index contributed by atoms with van der Waals surface area (Å²) in [4.78, 5) is 14.7. The van der Waals surface area contributed by atoms with Crippen molar-refractivity contribution in [3.05, 3.63) is 66.1 Å². The van der Waals surface area contributed by atoms with E-state index in [-0.39, 0.29) is 11.7 Å². The van der Waals surface area contributed by atoms with Gasteiger partial charge in [-0.15, -0.1) is 0 Å². The van der Waals surface area contributed by atoms with Gasteiger partial charge in [0.1, 0.15) is 11.5 Å². The van der Waals surface area contributed by atoms with Crippen LogP contribution < -0.4 is 14.4 Å². The maximum absolute atomic E-state index is 13.2. The Labute approximate surface area is 165 Å². The predicted octanol–water partition coefficient (Wildman–Crippen LogP) is 3.20. The number of carbonyl (C=O) groups excluding carboxylic acids is 1. The largest absolute Gasteiger partial charge is 0.494 e. The second-order valence-electron chi connectivity index (χ2n) is 6.43. The molecular weight excluding hydrogens is 378 g/mol. The Kier molecular flexibility index (Phi) is 6.04. The highest BCUT2D eigenvalue weighted by atomic mass is 32.2. The lowest BCUT2D eigenvalue weighted by Gasteiger charge is -2.30. The molecule has 1 amide bonds. The number of carbonyl (C=O) groups is 1. The van der Waals surface area contributed by atoms with Crippen LogP contribution in [0.2, 0.25) is 0 Å². The average molecular weight is 401 g/mol. The van der Waals surface area contributed by atoms with Gasteiger partial charge in [0.2, 0.25) is 0 Å². The summed E-state index contributed by atoms with van der Waals surface area (Å²) in [6, 6.07) is 15.5. The minimum absolute atomic E-state index is 0.149. The van der Waals surface area contributed by atoms with Gasteiger partial charge >= 0.3 is 0 Å². The zero-order chi connectivity index (χ0) is 20.1.